The van der Waals surface area contributed by atoms with Gasteiger partial charge in [-0.15, -0.1) is 0 Å². The van der Waals surface area contributed by atoms with E-state index in [9.17, 15) is 0 Å². The number of aromatic nitrogens is 2. The molecule has 5 heteroatoms. The van der Waals surface area contributed by atoms with E-state index in [0.717, 1.165) is 31.0 Å². The van der Waals surface area contributed by atoms with Crippen molar-refractivity contribution in [3.8, 4) is 0 Å². The Bertz CT molecular complexity index is 522. The third-order valence-electron chi connectivity index (χ3n) is 3.32. The number of hydrogen-bond donors (Lipinski definition) is 1. The van der Waals surface area contributed by atoms with E-state index in [1.165, 1.54) is 12.8 Å². The normalized spacial score (nSPS) is 11.3. The van der Waals surface area contributed by atoms with Gasteiger partial charge in [-0.25, -0.2) is 9.97 Å². The molecule has 2 heterocycles. The molecule has 1 N–H and O–H groups in total. The van der Waals surface area contributed by atoms with Gasteiger partial charge in [-0.3, -0.25) is 4.90 Å². The summed E-state index contributed by atoms with van der Waals surface area (Å²) in [6.07, 6.45) is 7.89. The Hall–Kier alpha value is -1.88. The zero-order chi connectivity index (χ0) is 15.8. The van der Waals surface area contributed by atoms with E-state index in [0.29, 0.717) is 12.0 Å². The van der Waals surface area contributed by atoms with Crippen LogP contribution in [0.4, 0.5) is 5.95 Å². The molecule has 0 radical (unpaired) electrons. The molecule has 0 aliphatic carbocycles. The van der Waals surface area contributed by atoms with Crippen LogP contribution < -0.4 is 5.32 Å². The summed E-state index contributed by atoms with van der Waals surface area (Å²) in [5.41, 5.74) is 1.12. The summed E-state index contributed by atoms with van der Waals surface area (Å²) in [6, 6.07) is 4.29. The van der Waals surface area contributed by atoms with Gasteiger partial charge in [0.05, 0.1) is 12.8 Å². The van der Waals surface area contributed by atoms with Crippen LogP contribution in [0, 0.1) is 0 Å². The maximum atomic E-state index is 5.46. The van der Waals surface area contributed by atoms with Gasteiger partial charge >= 0.3 is 0 Å². The lowest BCUT2D eigenvalue weighted by Gasteiger charge is -2.21. The van der Waals surface area contributed by atoms with Crippen LogP contribution in [-0.2, 0) is 13.1 Å². The monoisotopic (exact) mass is 302 g/mol. The molecular weight excluding hydrogens is 276 g/mol. The summed E-state index contributed by atoms with van der Waals surface area (Å²) < 4.78 is 5.46. The van der Waals surface area contributed by atoms with E-state index in [1.54, 1.807) is 6.26 Å². The molecule has 5 nitrogen and oxygen atoms in total. The molecule has 0 unspecified atom stereocenters. The molecule has 0 spiro atoms. The van der Waals surface area contributed by atoms with Gasteiger partial charge in [0.1, 0.15) is 5.76 Å². The molecular formula is C17H26N4O. The molecule has 0 amide bonds. The number of nitrogens with zero attached hydrogens (tertiary/aromatic N) is 3. The zero-order valence-electron chi connectivity index (χ0n) is 13.7. The lowest BCUT2D eigenvalue weighted by molar-refractivity contribution is 0.231. The van der Waals surface area contributed by atoms with Crippen molar-refractivity contribution in [2.75, 3.05) is 11.9 Å². The highest BCUT2D eigenvalue weighted by atomic mass is 16.3. The minimum atomic E-state index is 0.339. The summed E-state index contributed by atoms with van der Waals surface area (Å²) in [6.45, 7) is 9.06. The smallest absolute Gasteiger partial charge is 0.222 e. The molecule has 0 aliphatic rings. The van der Waals surface area contributed by atoms with E-state index in [1.807, 2.05) is 24.5 Å². The lowest BCUT2D eigenvalue weighted by atomic mass is 10.2. The molecule has 22 heavy (non-hydrogen) atoms. The zero-order valence-corrected chi connectivity index (χ0v) is 13.7. The molecule has 0 atom stereocenters. The first kappa shape index (κ1) is 16.5. The predicted molar refractivity (Wildman–Crippen MR) is 88.5 cm³/mol. The fraction of sp³-hybridized carbons (Fsp3) is 0.529. The summed E-state index contributed by atoms with van der Waals surface area (Å²) in [5.74, 6) is 1.68. The van der Waals surface area contributed by atoms with E-state index in [-0.39, 0.29) is 0 Å². The van der Waals surface area contributed by atoms with Crippen LogP contribution in [0.25, 0.3) is 0 Å². The van der Waals surface area contributed by atoms with Crippen molar-refractivity contribution in [2.45, 2.75) is 52.7 Å². The minimum absolute atomic E-state index is 0.339. The third kappa shape index (κ3) is 5.48. The quantitative estimate of drug-likeness (QED) is 0.765. The van der Waals surface area contributed by atoms with E-state index in [2.05, 4.69) is 41.0 Å². The fourth-order valence-electron chi connectivity index (χ4n) is 2.25. The number of hydrogen-bond acceptors (Lipinski definition) is 5. The predicted octanol–water partition coefficient (Wildman–Crippen LogP) is 3.69. The van der Waals surface area contributed by atoms with Gasteiger partial charge < -0.3 is 9.73 Å². The van der Waals surface area contributed by atoms with Crippen molar-refractivity contribution >= 4 is 5.95 Å². The highest BCUT2D eigenvalue weighted by Crippen LogP contribution is 2.11. The Labute approximate surface area is 132 Å². The average Bonchev–Trinajstić information content (AvgIpc) is 2.99. The number of furan rings is 1. The van der Waals surface area contributed by atoms with E-state index in [4.69, 9.17) is 4.42 Å². The molecule has 2 aromatic heterocycles. The topological polar surface area (TPSA) is 54.2 Å². The molecule has 2 aromatic rings. The van der Waals surface area contributed by atoms with Crippen LogP contribution in [0.3, 0.4) is 0 Å². The maximum Gasteiger partial charge on any atom is 0.222 e. The SMILES string of the molecule is CCCCN(Cc1cnc(NC(C)C)nc1)Cc1ccco1. The average molecular weight is 302 g/mol. The molecule has 120 valence electrons. The summed E-state index contributed by atoms with van der Waals surface area (Å²) in [4.78, 5) is 11.1. The van der Waals surface area contributed by atoms with Crippen LogP contribution in [0.1, 0.15) is 44.9 Å². The Morgan fingerprint density at radius 2 is 2.00 bits per heavy atom. The molecule has 0 saturated carbocycles. The molecule has 0 fully saturated rings. The van der Waals surface area contributed by atoms with Crippen molar-refractivity contribution in [2.24, 2.45) is 0 Å². The molecule has 2 rings (SSSR count). The van der Waals surface area contributed by atoms with Gasteiger partial charge in [0.2, 0.25) is 5.95 Å². The van der Waals surface area contributed by atoms with Crippen molar-refractivity contribution in [1.82, 2.24) is 14.9 Å². The molecule has 0 aromatic carbocycles. The number of unbranched alkanes of at least 4 members (excludes halogenated alkanes) is 1. The second-order valence-electron chi connectivity index (χ2n) is 5.86. The standard InChI is InChI=1S/C17H26N4O/c1-4-5-8-21(13-16-7-6-9-22-16)12-15-10-18-17(19-11-15)20-14(2)3/h6-7,9-11,14H,4-5,8,12-13H2,1-3H3,(H,18,19,20). The van der Waals surface area contributed by atoms with Crippen LogP contribution in [0.5, 0.6) is 0 Å². The number of rotatable bonds is 9. The van der Waals surface area contributed by atoms with Crippen LogP contribution in [-0.4, -0.2) is 27.5 Å². The van der Waals surface area contributed by atoms with E-state index < -0.39 is 0 Å². The fourth-order valence-corrected chi connectivity index (χ4v) is 2.25. The van der Waals surface area contributed by atoms with E-state index >= 15 is 0 Å². The first-order valence-electron chi connectivity index (χ1n) is 7.99. The Morgan fingerprint density at radius 1 is 1.23 bits per heavy atom. The first-order valence-corrected chi connectivity index (χ1v) is 7.99. The highest BCUT2D eigenvalue weighted by molar-refractivity contribution is 5.25. The van der Waals surface area contributed by atoms with Crippen LogP contribution in [0.15, 0.2) is 35.2 Å². The Kier molecular flexibility index (Phi) is 6.40. The Morgan fingerprint density at radius 3 is 2.59 bits per heavy atom. The Balaban J connectivity index is 1.96. The van der Waals surface area contributed by atoms with Crippen molar-refractivity contribution in [1.29, 1.82) is 0 Å². The summed E-state index contributed by atoms with van der Waals surface area (Å²) in [5, 5.41) is 3.21. The van der Waals surface area contributed by atoms with Crippen LogP contribution in [0.2, 0.25) is 0 Å². The van der Waals surface area contributed by atoms with Crippen molar-refractivity contribution < 1.29 is 4.42 Å². The lowest BCUT2D eigenvalue weighted by Crippen LogP contribution is -2.24. The van der Waals surface area contributed by atoms with Gasteiger partial charge in [-0.05, 0) is 38.9 Å². The minimum Gasteiger partial charge on any atom is -0.468 e. The first-order chi connectivity index (χ1) is 10.7. The highest BCUT2D eigenvalue weighted by Gasteiger charge is 2.09. The van der Waals surface area contributed by atoms with Crippen LogP contribution >= 0.6 is 0 Å². The van der Waals surface area contributed by atoms with Gasteiger partial charge in [-0.2, -0.15) is 0 Å². The van der Waals surface area contributed by atoms with Gasteiger partial charge in [-0.1, -0.05) is 13.3 Å². The second-order valence-corrected chi connectivity index (χ2v) is 5.86. The summed E-state index contributed by atoms with van der Waals surface area (Å²) in [7, 11) is 0. The maximum absolute atomic E-state index is 5.46. The van der Waals surface area contributed by atoms with Crippen molar-refractivity contribution in [3.05, 3.63) is 42.1 Å². The molecule has 0 aliphatic heterocycles. The second kappa shape index (κ2) is 8.54. The van der Waals surface area contributed by atoms with Crippen molar-refractivity contribution in [3.63, 3.8) is 0 Å². The van der Waals surface area contributed by atoms with Gasteiger partial charge in [0, 0.05) is 30.5 Å². The van der Waals surface area contributed by atoms with Gasteiger partial charge in [0.25, 0.3) is 0 Å². The van der Waals surface area contributed by atoms with Gasteiger partial charge in [0.15, 0.2) is 0 Å². The summed E-state index contributed by atoms with van der Waals surface area (Å²) >= 11 is 0. The number of anilines is 1. The molecule has 0 saturated heterocycles. The largest absolute Gasteiger partial charge is 0.468 e. The third-order valence-corrected chi connectivity index (χ3v) is 3.32. The molecule has 0 bridgehead atoms. The number of nitrogens with one attached hydrogen (secondary N) is 1.